The van der Waals surface area contributed by atoms with Crippen LogP contribution in [0, 0.1) is 0 Å². The summed E-state index contributed by atoms with van der Waals surface area (Å²) in [5, 5.41) is 13.2. The Labute approximate surface area is 122 Å². The van der Waals surface area contributed by atoms with Crippen LogP contribution in [0.25, 0.3) is 0 Å². The summed E-state index contributed by atoms with van der Waals surface area (Å²) in [6, 6.07) is 15.7. The number of hydrogen-bond donors (Lipinski definition) is 2. The third-order valence-electron chi connectivity index (χ3n) is 2.75. The van der Waals surface area contributed by atoms with Gasteiger partial charge in [-0.25, -0.2) is 5.43 Å². The summed E-state index contributed by atoms with van der Waals surface area (Å²) in [5.41, 5.74) is 3.89. The fourth-order valence-corrected chi connectivity index (χ4v) is 1.61. The van der Waals surface area contributed by atoms with Crippen LogP contribution < -0.4 is 10.2 Å². The molecule has 0 saturated heterocycles. The first kappa shape index (κ1) is 14.6. The van der Waals surface area contributed by atoms with Crippen LogP contribution in [0.4, 0.5) is 0 Å². The van der Waals surface area contributed by atoms with E-state index in [4.69, 9.17) is 4.74 Å². The van der Waals surface area contributed by atoms with E-state index in [0.717, 1.165) is 5.56 Å². The number of benzene rings is 2. The molecule has 1 amide bonds. The van der Waals surface area contributed by atoms with Crippen molar-refractivity contribution in [3.05, 3.63) is 60.2 Å². The number of hydrazone groups is 1. The van der Waals surface area contributed by atoms with Crippen molar-refractivity contribution in [2.45, 2.75) is 6.92 Å². The van der Waals surface area contributed by atoms with Gasteiger partial charge in [0.15, 0.2) is 6.61 Å². The number of hydrogen-bond acceptors (Lipinski definition) is 4. The Kier molecular flexibility index (Phi) is 4.93. The lowest BCUT2D eigenvalue weighted by Gasteiger charge is -2.05. The van der Waals surface area contributed by atoms with Crippen molar-refractivity contribution in [2.75, 3.05) is 6.61 Å². The van der Waals surface area contributed by atoms with Gasteiger partial charge in [-0.05, 0) is 48.9 Å². The molecule has 0 fully saturated rings. The highest BCUT2D eigenvalue weighted by molar-refractivity contribution is 5.99. The van der Waals surface area contributed by atoms with E-state index >= 15 is 0 Å². The van der Waals surface area contributed by atoms with Gasteiger partial charge in [0.1, 0.15) is 11.5 Å². The Morgan fingerprint density at radius 2 is 1.81 bits per heavy atom. The van der Waals surface area contributed by atoms with Gasteiger partial charge in [-0.3, -0.25) is 4.79 Å². The highest BCUT2D eigenvalue weighted by Crippen LogP contribution is 2.10. The number of nitrogens with zero attached hydrogens (tertiary/aromatic N) is 1. The van der Waals surface area contributed by atoms with Crippen molar-refractivity contribution in [3.8, 4) is 11.5 Å². The first-order chi connectivity index (χ1) is 10.1. The van der Waals surface area contributed by atoms with Crippen LogP contribution in [-0.2, 0) is 4.79 Å². The molecule has 0 aliphatic rings. The van der Waals surface area contributed by atoms with Crippen LogP contribution in [0.3, 0.4) is 0 Å². The van der Waals surface area contributed by atoms with Crippen molar-refractivity contribution >= 4 is 11.6 Å². The van der Waals surface area contributed by atoms with Crippen molar-refractivity contribution in [1.82, 2.24) is 5.43 Å². The maximum absolute atomic E-state index is 11.6. The van der Waals surface area contributed by atoms with Crippen molar-refractivity contribution < 1.29 is 14.6 Å². The van der Waals surface area contributed by atoms with Gasteiger partial charge in [0, 0.05) is 0 Å². The molecule has 21 heavy (non-hydrogen) atoms. The summed E-state index contributed by atoms with van der Waals surface area (Å²) in [6.45, 7) is 1.67. The van der Waals surface area contributed by atoms with E-state index in [-0.39, 0.29) is 18.3 Å². The molecule has 2 aromatic rings. The SMILES string of the molecule is C/C(=N/NC(=O)COc1ccccc1)c1ccc(O)cc1. The predicted molar refractivity (Wildman–Crippen MR) is 80.4 cm³/mol. The van der Waals surface area contributed by atoms with Gasteiger partial charge in [-0.15, -0.1) is 0 Å². The number of phenols is 1. The van der Waals surface area contributed by atoms with Crippen LogP contribution in [0.15, 0.2) is 59.7 Å². The zero-order chi connectivity index (χ0) is 15.1. The average Bonchev–Trinajstić information content (AvgIpc) is 2.52. The van der Waals surface area contributed by atoms with Crippen LogP contribution >= 0.6 is 0 Å². The molecule has 5 heteroatoms. The topological polar surface area (TPSA) is 70.9 Å². The van der Waals surface area contributed by atoms with E-state index < -0.39 is 0 Å². The summed E-state index contributed by atoms with van der Waals surface area (Å²) < 4.78 is 5.31. The van der Waals surface area contributed by atoms with E-state index in [0.29, 0.717) is 11.5 Å². The van der Waals surface area contributed by atoms with Crippen molar-refractivity contribution in [3.63, 3.8) is 0 Å². The fourth-order valence-electron chi connectivity index (χ4n) is 1.61. The van der Waals surface area contributed by atoms with Gasteiger partial charge in [0.25, 0.3) is 5.91 Å². The van der Waals surface area contributed by atoms with Crippen LogP contribution in [0.2, 0.25) is 0 Å². The first-order valence-electron chi connectivity index (χ1n) is 6.45. The number of phenolic OH excluding ortho intramolecular Hbond substituents is 1. The number of nitrogens with one attached hydrogen (secondary N) is 1. The summed E-state index contributed by atoms with van der Waals surface area (Å²) in [7, 11) is 0. The Bertz CT molecular complexity index is 622. The number of amides is 1. The molecule has 0 aliphatic heterocycles. The lowest BCUT2D eigenvalue weighted by atomic mass is 10.1. The maximum atomic E-state index is 11.6. The fraction of sp³-hybridized carbons (Fsp3) is 0.125. The van der Waals surface area contributed by atoms with Gasteiger partial charge in [0.05, 0.1) is 5.71 Å². The zero-order valence-corrected chi connectivity index (χ0v) is 11.6. The maximum Gasteiger partial charge on any atom is 0.277 e. The Morgan fingerprint density at radius 3 is 2.48 bits per heavy atom. The second-order valence-electron chi connectivity index (χ2n) is 4.38. The second-order valence-corrected chi connectivity index (χ2v) is 4.38. The molecule has 2 rings (SSSR count). The highest BCUT2D eigenvalue weighted by Gasteiger charge is 2.02. The largest absolute Gasteiger partial charge is 0.508 e. The molecule has 0 saturated carbocycles. The predicted octanol–water partition coefficient (Wildman–Crippen LogP) is 2.31. The van der Waals surface area contributed by atoms with Crippen molar-refractivity contribution in [1.29, 1.82) is 0 Å². The number of rotatable bonds is 5. The van der Waals surface area contributed by atoms with E-state index in [2.05, 4.69) is 10.5 Å². The molecule has 2 N–H and O–H groups in total. The molecule has 0 aliphatic carbocycles. The molecule has 2 aromatic carbocycles. The first-order valence-corrected chi connectivity index (χ1v) is 6.45. The van der Waals surface area contributed by atoms with Gasteiger partial charge in [-0.2, -0.15) is 5.10 Å². The summed E-state index contributed by atoms with van der Waals surface area (Å²) in [5.74, 6) is 0.482. The van der Waals surface area contributed by atoms with E-state index in [1.54, 1.807) is 43.3 Å². The van der Waals surface area contributed by atoms with Gasteiger partial charge < -0.3 is 9.84 Å². The highest BCUT2D eigenvalue weighted by atomic mass is 16.5. The molecular weight excluding hydrogens is 268 g/mol. The Balaban J connectivity index is 1.85. The molecule has 0 heterocycles. The monoisotopic (exact) mass is 284 g/mol. The van der Waals surface area contributed by atoms with Crippen LogP contribution in [0.5, 0.6) is 11.5 Å². The van der Waals surface area contributed by atoms with Crippen LogP contribution in [0.1, 0.15) is 12.5 Å². The third kappa shape index (κ3) is 4.65. The number of carbonyl (C=O) groups excluding carboxylic acids is 1. The number of carbonyl (C=O) groups is 1. The minimum atomic E-state index is -0.336. The Morgan fingerprint density at radius 1 is 1.14 bits per heavy atom. The van der Waals surface area contributed by atoms with Crippen molar-refractivity contribution in [2.24, 2.45) is 5.10 Å². The van der Waals surface area contributed by atoms with E-state index in [9.17, 15) is 9.90 Å². The zero-order valence-electron chi connectivity index (χ0n) is 11.6. The molecule has 108 valence electrons. The molecule has 0 aromatic heterocycles. The van der Waals surface area contributed by atoms with Gasteiger partial charge >= 0.3 is 0 Å². The Hall–Kier alpha value is -2.82. The quantitative estimate of drug-likeness (QED) is 0.654. The lowest BCUT2D eigenvalue weighted by Crippen LogP contribution is -2.25. The van der Waals surface area contributed by atoms with E-state index in [1.165, 1.54) is 0 Å². The molecule has 0 bridgehead atoms. The summed E-state index contributed by atoms with van der Waals surface area (Å²) in [4.78, 5) is 11.6. The van der Waals surface area contributed by atoms with Crippen LogP contribution in [-0.4, -0.2) is 23.3 Å². The molecule has 0 radical (unpaired) electrons. The van der Waals surface area contributed by atoms with Gasteiger partial charge in [-0.1, -0.05) is 18.2 Å². The minimum Gasteiger partial charge on any atom is -0.508 e. The molecule has 0 atom stereocenters. The van der Waals surface area contributed by atoms with Gasteiger partial charge in [0.2, 0.25) is 0 Å². The lowest BCUT2D eigenvalue weighted by molar-refractivity contribution is -0.123. The molecule has 0 spiro atoms. The average molecular weight is 284 g/mol. The normalized spacial score (nSPS) is 11.0. The number of aromatic hydroxyl groups is 1. The molecule has 0 unspecified atom stereocenters. The molecule has 5 nitrogen and oxygen atoms in total. The standard InChI is InChI=1S/C16H16N2O3/c1-12(13-7-9-14(19)10-8-13)17-18-16(20)11-21-15-5-3-2-4-6-15/h2-10,19H,11H2,1H3,(H,18,20)/b17-12-. The van der Waals surface area contributed by atoms with E-state index in [1.807, 2.05) is 18.2 Å². The second kappa shape index (κ2) is 7.09. The smallest absolute Gasteiger partial charge is 0.277 e. The third-order valence-corrected chi connectivity index (χ3v) is 2.75. The number of ether oxygens (including phenoxy) is 1. The molecular formula is C16H16N2O3. The summed E-state index contributed by atoms with van der Waals surface area (Å²) in [6.07, 6.45) is 0. The summed E-state index contributed by atoms with van der Waals surface area (Å²) >= 11 is 0. The number of para-hydroxylation sites is 1. The minimum absolute atomic E-state index is 0.101.